The van der Waals surface area contributed by atoms with Crippen LogP contribution in [-0.4, -0.2) is 39.6 Å². The van der Waals surface area contributed by atoms with E-state index in [1.54, 1.807) is 18.9 Å². The molecule has 3 aromatic rings. The number of hydrogen-bond donors (Lipinski definition) is 0. The van der Waals surface area contributed by atoms with E-state index in [2.05, 4.69) is 16.5 Å². The van der Waals surface area contributed by atoms with Gasteiger partial charge in [-0.15, -0.1) is 10.2 Å². The summed E-state index contributed by atoms with van der Waals surface area (Å²) < 4.78 is 7.31. The molecule has 0 aliphatic heterocycles. The van der Waals surface area contributed by atoms with Gasteiger partial charge in [-0.1, -0.05) is 35.5 Å². The van der Waals surface area contributed by atoms with E-state index >= 15 is 0 Å². The quantitative estimate of drug-likeness (QED) is 0.416. The second kappa shape index (κ2) is 8.65. The summed E-state index contributed by atoms with van der Waals surface area (Å²) in [5.74, 6) is 3.58. The van der Waals surface area contributed by atoms with Gasteiger partial charge in [0.05, 0.1) is 12.1 Å². The van der Waals surface area contributed by atoms with E-state index in [1.807, 2.05) is 64.9 Å². The van der Waals surface area contributed by atoms with Gasteiger partial charge in [0.15, 0.2) is 11.0 Å². The summed E-state index contributed by atoms with van der Waals surface area (Å²) in [6.45, 7) is 0. The van der Waals surface area contributed by atoms with Gasteiger partial charge in [0, 0.05) is 22.8 Å². The van der Waals surface area contributed by atoms with E-state index in [-0.39, 0.29) is 0 Å². The molecule has 0 atom stereocenters. The standard InChI is InChI=1S/C18H18ClN3OS2/c1-23-14-9-7-13(8-10-14)22-17(15-5-3-4-6-16(15)19)20-21-18(22)25-12-11-24-2/h3-10H,11-12H2,1-2H3. The normalized spacial score (nSPS) is 10.8. The molecule has 1 heterocycles. The molecule has 0 unspecified atom stereocenters. The van der Waals surface area contributed by atoms with Crippen LogP contribution in [0.15, 0.2) is 53.7 Å². The highest BCUT2D eigenvalue weighted by Crippen LogP contribution is 2.32. The van der Waals surface area contributed by atoms with Crippen molar-refractivity contribution in [2.75, 3.05) is 24.9 Å². The lowest BCUT2D eigenvalue weighted by Crippen LogP contribution is -2.01. The van der Waals surface area contributed by atoms with E-state index in [9.17, 15) is 0 Å². The molecule has 0 amide bonds. The predicted molar refractivity (Wildman–Crippen MR) is 107 cm³/mol. The molecule has 0 N–H and O–H groups in total. The fourth-order valence-corrected chi connectivity index (χ4v) is 4.18. The maximum absolute atomic E-state index is 6.39. The Labute approximate surface area is 160 Å². The average Bonchev–Trinajstić information content (AvgIpc) is 3.06. The Morgan fingerprint density at radius 1 is 1.04 bits per heavy atom. The Hall–Kier alpha value is -1.63. The first-order valence-electron chi connectivity index (χ1n) is 7.71. The third kappa shape index (κ3) is 4.14. The predicted octanol–water partition coefficient (Wildman–Crippen LogP) is 5.05. The van der Waals surface area contributed by atoms with Crippen LogP contribution in [0.1, 0.15) is 0 Å². The zero-order chi connectivity index (χ0) is 17.6. The van der Waals surface area contributed by atoms with E-state index in [0.29, 0.717) is 5.02 Å². The Morgan fingerprint density at radius 3 is 2.48 bits per heavy atom. The third-order valence-electron chi connectivity index (χ3n) is 3.60. The van der Waals surface area contributed by atoms with Gasteiger partial charge in [-0.2, -0.15) is 11.8 Å². The molecule has 0 spiro atoms. The zero-order valence-corrected chi connectivity index (χ0v) is 16.4. The lowest BCUT2D eigenvalue weighted by molar-refractivity contribution is 0.414. The lowest BCUT2D eigenvalue weighted by Gasteiger charge is -2.11. The smallest absolute Gasteiger partial charge is 0.196 e. The summed E-state index contributed by atoms with van der Waals surface area (Å²) >= 11 is 9.90. The van der Waals surface area contributed by atoms with Crippen molar-refractivity contribution in [3.05, 3.63) is 53.6 Å². The molecule has 0 aliphatic carbocycles. The first kappa shape index (κ1) is 18.2. The Balaban J connectivity index is 2.07. The number of halogens is 1. The highest BCUT2D eigenvalue weighted by atomic mass is 35.5. The van der Waals surface area contributed by atoms with Crippen LogP contribution >= 0.6 is 35.1 Å². The summed E-state index contributed by atoms with van der Waals surface area (Å²) in [5, 5.41) is 10.3. The molecule has 0 radical (unpaired) electrons. The van der Waals surface area contributed by atoms with E-state index in [0.717, 1.165) is 39.5 Å². The Bertz CT molecular complexity index is 837. The second-order valence-corrected chi connectivity index (χ2v) is 7.62. The van der Waals surface area contributed by atoms with E-state index in [4.69, 9.17) is 16.3 Å². The minimum atomic E-state index is 0.658. The number of benzene rings is 2. The van der Waals surface area contributed by atoms with Gasteiger partial charge in [-0.05, 0) is 42.7 Å². The fraction of sp³-hybridized carbons (Fsp3) is 0.222. The van der Waals surface area contributed by atoms with Crippen molar-refractivity contribution in [2.45, 2.75) is 5.16 Å². The monoisotopic (exact) mass is 391 g/mol. The van der Waals surface area contributed by atoms with Crippen LogP contribution in [0.5, 0.6) is 5.75 Å². The molecular formula is C18H18ClN3OS2. The zero-order valence-electron chi connectivity index (χ0n) is 14.0. The topological polar surface area (TPSA) is 39.9 Å². The minimum absolute atomic E-state index is 0.658. The summed E-state index contributed by atoms with van der Waals surface area (Å²) in [6.07, 6.45) is 2.10. The first-order valence-corrected chi connectivity index (χ1v) is 10.5. The largest absolute Gasteiger partial charge is 0.497 e. The number of thioether (sulfide) groups is 2. The molecule has 7 heteroatoms. The van der Waals surface area contributed by atoms with Gasteiger partial charge < -0.3 is 4.74 Å². The summed E-state index contributed by atoms with van der Waals surface area (Å²) in [4.78, 5) is 0. The van der Waals surface area contributed by atoms with Gasteiger partial charge in [0.1, 0.15) is 5.75 Å². The maximum atomic E-state index is 6.39. The molecule has 0 bridgehead atoms. The SMILES string of the molecule is COc1ccc(-n2c(SCCSC)nnc2-c2ccccc2Cl)cc1. The van der Waals surface area contributed by atoms with E-state index < -0.39 is 0 Å². The van der Waals surface area contributed by atoms with Gasteiger partial charge >= 0.3 is 0 Å². The number of methoxy groups -OCH3 is 1. The number of rotatable bonds is 7. The van der Waals surface area contributed by atoms with Crippen molar-refractivity contribution in [3.8, 4) is 22.8 Å². The van der Waals surface area contributed by atoms with E-state index in [1.165, 1.54) is 0 Å². The van der Waals surface area contributed by atoms with Crippen LogP contribution < -0.4 is 4.74 Å². The van der Waals surface area contributed by atoms with Crippen LogP contribution in [0.4, 0.5) is 0 Å². The number of nitrogens with zero attached hydrogens (tertiary/aromatic N) is 3. The van der Waals surface area contributed by atoms with Crippen LogP contribution in [0.25, 0.3) is 17.1 Å². The molecule has 25 heavy (non-hydrogen) atoms. The fourth-order valence-electron chi connectivity index (χ4n) is 2.36. The van der Waals surface area contributed by atoms with Gasteiger partial charge in [0.2, 0.25) is 0 Å². The number of ether oxygens (including phenoxy) is 1. The lowest BCUT2D eigenvalue weighted by atomic mass is 10.2. The average molecular weight is 392 g/mol. The van der Waals surface area contributed by atoms with Gasteiger partial charge in [-0.3, -0.25) is 4.57 Å². The summed E-state index contributed by atoms with van der Waals surface area (Å²) in [7, 11) is 1.66. The van der Waals surface area contributed by atoms with Crippen molar-refractivity contribution in [3.63, 3.8) is 0 Å². The van der Waals surface area contributed by atoms with Crippen LogP contribution in [0, 0.1) is 0 Å². The van der Waals surface area contributed by atoms with Gasteiger partial charge in [-0.25, -0.2) is 0 Å². The molecule has 0 fully saturated rings. The summed E-state index contributed by atoms with van der Waals surface area (Å²) in [5.41, 5.74) is 1.84. The third-order valence-corrected chi connectivity index (χ3v) is 5.73. The number of aromatic nitrogens is 3. The van der Waals surface area contributed by atoms with Crippen LogP contribution in [0.2, 0.25) is 5.02 Å². The number of hydrogen-bond acceptors (Lipinski definition) is 5. The molecule has 130 valence electrons. The summed E-state index contributed by atoms with van der Waals surface area (Å²) in [6, 6.07) is 15.6. The van der Waals surface area contributed by atoms with Crippen LogP contribution in [-0.2, 0) is 0 Å². The molecule has 0 aliphatic rings. The molecular weight excluding hydrogens is 374 g/mol. The van der Waals surface area contributed by atoms with Crippen molar-refractivity contribution < 1.29 is 4.74 Å². The van der Waals surface area contributed by atoms with Crippen LogP contribution in [0.3, 0.4) is 0 Å². The van der Waals surface area contributed by atoms with Crippen molar-refractivity contribution >= 4 is 35.1 Å². The Kier molecular flexibility index (Phi) is 6.29. The molecule has 0 saturated heterocycles. The van der Waals surface area contributed by atoms with Crippen molar-refractivity contribution in [2.24, 2.45) is 0 Å². The minimum Gasteiger partial charge on any atom is -0.497 e. The highest BCUT2D eigenvalue weighted by Gasteiger charge is 2.17. The van der Waals surface area contributed by atoms with Crippen molar-refractivity contribution in [1.82, 2.24) is 14.8 Å². The Morgan fingerprint density at radius 2 is 1.80 bits per heavy atom. The highest BCUT2D eigenvalue weighted by molar-refractivity contribution is 8.02. The van der Waals surface area contributed by atoms with Crippen molar-refractivity contribution in [1.29, 1.82) is 0 Å². The molecule has 1 aromatic heterocycles. The van der Waals surface area contributed by atoms with Gasteiger partial charge in [0.25, 0.3) is 0 Å². The molecule has 3 rings (SSSR count). The molecule has 4 nitrogen and oxygen atoms in total. The molecule has 2 aromatic carbocycles. The molecule has 0 saturated carbocycles. The second-order valence-electron chi connectivity index (χ2n) is 5.16. The first-order chi connectivity index (χ1) is 12.2. The maximum Gasteiger partial charge on any atom is 0.196 e.